The summed E-state index contributed by atoms with van der Waals surface area (Å²) < 4.78 is 55.3. The molecule has 32 heavy (non-hydrogen) atoms. The first-order chi connectivity index (χ1) is 15.2. The third-order valence-corrected chi connectivity index (χ3v) is 6.35. The summed E-state index contributed by atoms with van der Waals surface area (Å²) in [5.74, 6) is 0.195. The minimum absolute atomic E-state index is 0.137. The Morgan fingerprint density at radius 2 is 1.88 bits per heavy atom. The Balaban J connectivity index is 1.91. The van der Waals surface area contributed by atoms with Crippen molar-refractivity contribution in [3.63, 3.8) is 0 Å². The van der Waals surface area contributed by atoms with E-state index < -0.39 is 11.9 Å². The van der Waals surface area contributed by atoms with Crippen molar-refractivity contribution in [2.24, 2.45) is 11.8 Å². The smallest absolute Gasteiger partial charge is 0.306 e. The van der Waals surface area contributed by atoms with Gasteiger partial charge in [0.15, 0.2) is 0 Å². The van der Waals surface area contributed by atoms with Gasteiger partial charge in [0.25, 0.3) is 0 Å². The highest BCUT2D eigenvalue weighted by atomic mass is 19.4. The molecule has 2 unspecified atom stereocenters. The number of nitrogens with zero attached hydrogens (tertiary/aromatic N) is 1. The van der Waals surface area contributed by atoms with Crippen LogP contribution in [0.25, 0.3) is 5.57 Å². The molecule has 0 spiro atoms. The fraction of sp³-hybridized carbons (Fsp3) is 0.296. The largest absolute Gasteiger partial charge is 0.431 e. The number of fused-ring (bicyclic) bond motifs is 1. The number of alkyl halides is 3. The van der Waals surface area contributed by atoms with Crippen LogP contribution in [-0.2, 0) is 0 Å². The molecule has 0 N–H and O–H groups in total. The third-order valence-electron chi connectivity index (χ3n) is 6.35. The van der Waals surface area contributed by atoms with Crippen LogP contribution in [0, 0.1) is 24.6 Å². The molecule has 0 radical (unpaired) electrons. The summed E-state index contributed by atoms with van der Waals surface area (Å²) in [5.41, 5.74) is 6.58. The average molecular weight is 439 g/mol. The minimum atomic E-state index is -4.48. The number of hydrogen-bond donors (Lipinski definition) is 0. The van der Waals surface area contributed by atoms with E-state index in [4.69, 9.17) is 0 Å². The van der Waals surface area contributed by atoms with Crippen molar-refractivity contribution < 1.29 is 17.6 Å². The van der Waals surface area contributed by atoms with E-state index in [1.807, 2.05) is 18.2 Å². The summed E-state index contributed by atoms with van der Waals surface area (Å²) in [6.45, 7) is 6.00. The highest BCUT2D eigenvalue weighted by Gasteiger charge is 2.39. The Hall–Kier alpha value is -3.04. The van der Waals surface area contributed by atoms with Crippen molar-refractivity contribution in [3.05, 3.63) is 106 Å². The van der Waals surface area contributed by atoms with Gasteiger partial charge in [0.05, 0.1) is 5.70 Å². The molecule has 1 nitrogen and oxygen atoms in total. The van der Waals surface area contributed by atoms with Gasteiger partial charge in [-0.2, -0.15) is 13.2 Å². The van der Waals surface area contributed by atoms with Gasteiger partial charge in [0.1, 0.15) is 11.5 Å². The molecule has 5 heteroatoms. The molecule has 1 aliphatic carbocycles. The van der Waals surface area contributed by atoms with Crippen LogP contribution < -0.4 is 0 Å². The maximum Gasteiger partial charge on any atom is 0.431 e. The summed E-state index contributed by atoms with van der Waals surface area (Å²) in [7, 11) is 0. The number of allylic oxidation sites excluding steroid dienone is 9. The molecule has 0 aromatic heterocycles. The van der Waals surface area contributed by atoms with Crippen LogP contribution in [0.1, 0.15) is 37.8 Å². The van der Waals surface area contributed by atoms with Gasteiger partial charge < -0.3 is 4.90 Å². The summed E-state index contributed by atoms with van der Waals surface area (Å²) in [6, 6.07) is 5.03. The molecule has 0 bridgehead atoms. The van der Waals surface area contributed by atoms with Gasteiger partial charge in [0, 0.05) is 6.20 Å². The first kappa shape index (κ1) is 22.2. The van der Waals surface area contributed by atoms with E-state index >= 15 is 0 Å². The number of halogens is 4. The number of benzene rings is 1. The minimum Gasteiger partial charge on any atom is -0.306 e. The van der Waals surface area contributed by atoms with Crippen molar-refractivity contribution in [3.8, 4) is 0 Å². The molecule has 0 saturated carbocycles. The van der Waals surface area contributed by atoms with Crippen LogP contribution in [-0.4, -0.2) is 11.1 Å². The zero-order chi connectivity index (χ0) is 23.0. The van der Waals surface area contributed by atoms with Crippen LogP contribution in [0.2, 0.25) is 0 Å². The standard InChI is InChI=1S/C27H25F4N/c1-17-7-6-9-23(26(19(17)3)20-12-14-24(28)18(2)15-20)21-11-13-22-8-4-5-10-25(27(29,30)31)32(22)16-21/h4,6,9-17,19H,5,7H2,1-3H3. The van der Waals surface area contributed by atoms with E-state index in [-0.39, 0.29) is 18.2 Å². The van der Waals surface area contributed by atoms with Crippen LogP contribution in [0.3, 0.4) is 0 Å². The topological polar surface area (TPSA) is 3.24 Å². The lowest BCUT2D eigenvalue weighted by Gasteiger charge is -2.29. The summed E-state index contributed by atoms with van der Waals surface area (Å²) in [6.07, 6.45) is 8.44. The lowest BCUT2D eigenvalue weighted by Crippen LogP contribution is -2.28. The average Bonchev–Trinajstić information content (AvgIpc) is 3.04. The lowest BCUT2D eigenvalue weighted by molar-refractivity contribution is -0.105. The van der Waals surface area contributed by atoms with Crippen LogP contribution in [0.5, 0.6) is 0 Å². The molecular formula is C27H25F4N. The quantitative estimate of drug-likeness (QED) is 0.336. The Morgan fingerprint density at radius 3 is 2.59 bits per heavy atom. The monoisotopic (exact) mass is 439 g/mol. The van der Waals surface area contributed by atoms with E-state index in [0.717, 1.165) is 23.1 Å². The molecule has 0 amide bonds. The number of rotatable bonds is 2. The third kappa shape index (κ3) is 4.18. The highest BCUT2D eigenvalue weighted by molar-refractivity contribution is 5.79. The van der Waals surface area contributed by atoms with Crippen LogP contribution in [0.4, 0.5) is 17.6 Å². The van der Waals surface area contributed by atoms with Crippen molar-refractivity contribution in [2.45, 2.75) is 39.8 Å². The second-order valence-corrected chi connectivity index (χ2v) is 8.54. The fourth-order valence-electron chi connectivity index (χ4n) is 4.37. The molecule has 3 aliphatic rings. The molecule has 0 saturated heterocycles. The highest BCUT2D eigenvalue weighted by Crippen LogP contribution is 2.42. The van der Waals surface area contributed by atoms with Crippen molar-refractivity contribution in [1.29, 1.82) is 0 Å². The normalized spacial score (nSPS) is 23.3. The Bertz CT molecular complexity index is 1150. The van der Waals surface area contributed by atoms with Crippen molar-refractivity contribution in [2.75, 3.05) is 0 Å². The molecule has 0 fully saturated rings. The summed E-state index contributed by atoms with van der Waals surface area (Å²) in [4.78, 5) is 1.17. The second kappa shape index (κ2) is 8.48. The SMILES string of the molecule is Cc1cc(C2=C(C3=CN4C(=C=CCC=C4C(F)(F)F)C=C3)C=CCC(C)C2C)ccc1F. The predicted octanol–water partition coefficient (Wildman–Crippen LogP) is 7.76. The fourth-order valence-corrected chi connectivity index (χ4v) is 4.37. The Labute approximate surface area is 186 Å². The number of aryl methyl sites for hydroxylation is 1. The van der Waals surface area contributed by atoms with E-state index in [1.54, 1.807) is 31.3 Å². The predicted molar refractivity (Wildman–Crippen MR) is 120 cm³/mol. The molecule has 2 aliphatic heterocycles. The number of hydrogen-bond acceptors (Lipinski definition) is 1. The van der Waals surface area contributed by atoms with Gasteiger partial charge in [-0.15, -0.1) is 0 Å². The van der Waals surface area contributed by atoms with E-state index in [9.17, 15) is 17.6 Å². The van der Waals surface area contributed by atoms with Crippen LogP contribution in [0.15, 0.2) is 89.1 Å². The first-order valence-corrected chi connectivity index (χ1v) is 10.8. The zero-order valence-corrected chi connectivity index (χ0v) is 18.3. The zero-order valence-electron chi connectivity index (χ0n) is 18.3. The van der Waals surface area contributed by atoms with Crippen molar-refractivity contribution in [1.82, 2.24) is 4.90 Å². The van der Waals surface area contributed by atoms with Crippen molar-refractivity contribution >= 4 is 5.57 Å². The van der Waals surface area contributed by atoms with Gasteiger partial charge in [-0.25, -0.2) is 4.39 Å². The molecule has 1 aromatic carbocycles. The Kier molecular flexibility index (Phi) is 5.87. The molecule has 2 atom stereocenters. The van der Waals surface area contributed by atoms with E-state index in [2.05, 4.69) is 25.7 Å². The summed E-state index contributed by atoms with van der Waals surface area (Å²) >= 11 is 0. The maximum absolute atomic E-state index is 14.0. The van der Waals surface area contributed by atoms with E-state index in [1.165, 1.54) is 17.0 Å². The molecule has 2 heterocycles. The molecule has 4 rings (SSSR count). The second-order valence-electron chi connectivity index (χ2n) is 8.54. The van der Waals surface area contributed by atoms with E-state index in [0.29, 0.717) is 22.8 Å². The van der Waals surface area contributed by atoms with Gasteiger partial charge in [0.2, 0.25) is 0 Å². The lowest BCUT2D eigenvalue weighted by atomic mass is 9.80. The van der Waals surface area contributed by atoms with Gasteiger partial charge in [-0.05, 0) is 83.7 Å². The molecular weight excluding hydrogens is 414 g/mol. The van der Waals surface area contributed by atoms with Gasteiger partial charge >= 0.3 is 6.18 Å². The Morgan fingerprint density at radius 1 is 1.09 bits per heavy atom. The first-order valence-electron chi connectivity index (χ1n) is 10.8. The van der Waals surface area contributed by atoms with Gasteiger partial charge in [-0.3, -0.25) is 0 Å². The van der Waals surface area contributed by atoms with Crippen LogP contribution >= 0.6 is 0 Å². The maximum atomic E-state index is 14.0. The van der Waals surface area contributed by atoms with Gasteiger partial charge in [-0.1, -0.05) is 49.9 Å². The molecule has 166 valence electrons. The summed E-state index contributed by atoms with van der Waals surface area (Å²) in [5, 5.41) is 0. The molecule has 1 aromatic rings.